The number of carbonyl (C=O) groups is 2. The van der Waals surface area contributed by atoms with Crippen LogP contribution in [0.5, 0.6) is 0 Å². The van der Waals surface area contributed by atoms with Crippen molar-refractivity contribution in [3.8, 4) is 28.7 Å². The molecule has 6 aromatic rings. The van der Waals surface area contributed by atoms with E-state index >= 15 is 0 Å². The van der Waals surface area contributed by atoms with Crippen LogP contribution in [0.25, 0.3) is 39.8 Å². The molecule has 0 spiro atoms. The lowest BCUT2D eigenvalue weighted by atomic mass is 9.96. The molecule has 1 aliphatic rings. The van der Waals surface area contributed by atoms with Gasteiger partial charge in [-0.25, -0.2) is 9.37 Å². The average Bonchev–Trinajstić information content (AvgIpc) is 3.85. The Morgan fingerprint density at radius 2 is 1.83 bits per heavy atom. The molecule has 0 bridgehead atoms. The fourth-order valence-corrected chi connectivity index (χ4v) is 6.64. The highest BCUT2D eigenvalue weighted by molar-refractivity contribution is 9.10. The molecule has 4 heterocycles. The molecular formula is C33H26BrFN6O4S. The number of oxazole rings is 1. The first-order valence-corrected chi connectivity index (χ1v) is 16.3. The van der Waals surface area contributed by atoms with Gasteiger partial charge >= 0.3 is 0 Å². The summed E-state index contributed by atoms with van der Waals surface area (Å²) in [4.78, 5) is 32.6. The number of amides is 2. The minimum atomic E-state index is -0.396. The molecule has 1 fully saturated rings. The summed E-state index contributed by atoms with van der Waals surface area (Å²) in [6, 6.07) is 22.8. The van der Waals surface area contributed by atoms with Crippen LogP contribution in [0.15, 0.2) is 104 Å². The summed E-state index contributed by atoms with van der Waals surface area (Å²) in [5.41, 5.74) is 3.01. The number of fused-ring (bicyclic) bond motifs is 1. The number of nitrogens with one attached hydrogen (secondary N) is 1. The van der Waals surface area contributed by atoms with Gasteiger partial charge in [-0.1, -0.05) is 30.0 Å². The van der Waals surface area contributed by atoms with Gasteiger partial charge in [0.25, 0.3) is 0 Å². The van der Waals surface area contributed by atoms with Crippen molar-refractivity contribution < 1.29 is 22.8 Å². The van der Waals surface area contributed by atoms with Crippen LogP contribution in [0.4, 0.5) is 10.1 Å². The van der Waals surface area contributed by atoms with Crippen molar-refractivity contribution in [2.45, 2.75) is 18.0 Å². The number of halogens is 2. The fourth-order valence-electron chi connectivity index (χ4n) is 5.37. The molecule has 46 heavy (non-hydrogen) atoms. The molecule has 0 aliphatic carbocycles. The van der Waals surface area contributed by atoms with Crippen LogP contribution >= 0.6 is 27.7 Å². The molecule has 0 saturated carbocycles. The van der Waals surface area contributed by atoms with Crippen LogP contribution in [-0.4, -0.2) is 55.3 Å². The van der Waals surface area contributed by atoms with E-state index in [9.17, 15) is 14.0 Å². The number of furan rings is 1. The summed E-state index contributed by atoms with van der Waals surface area (Å²) in [6.45, 7) is 0.962. The molecule has 1 N–H and O–H groups in total. The molecule has 232 valence electrons. The fraction of sp³-hybridized carbons (Fsp3) is 0.182. The van der Waals surface area contributed by atoms with Crippen molar-refractivity contribution in [2.75, 3.05) is 24.2 Å². The number of aromatic nitrogens is 4. The summed E-state index contributed by atoms with van der Waals surface area (Å²) in [5.74, 6) is 0.831. The maximum Gasteiger partial charge on any atom is 0.233 e. The van der Waals surface area contributed by atoms with Crippen molar-refractivity contribution in [1.82, 2.24) is 24.6 Å². The van der Waals surface area contributed by atoms with E-state index in [1.165, 1.54) is 23.9 Å². The number of anilines is 1. The quantitative estimate of drug-likeness (QED) is 0.166. The van der Waals surface area contributed by atoms with E-state index in [0.717, 1.165) is 5.69 Å². The largest absolute Gasteiger partial charge is 0.461 e. The molecule has 1 aliphatic heterocycles. The zero-order valence-corrected chi connectivity index (χ0v) is 26.6. The number of para-hydroxylation sites is 1. The third-order valence-electron chi connectivity index (χ3n) is 7.75. The van der Waals surface area contributed by atoms with Crippen LogP contribution < -0.4 is 5.32 Å². The second-order valence-electron chi connectivity index (χ2n) is 10.7. The zero-order valence-electron chi connectivity index (χ0n) is 24.2. The minimum Gasteiger partial charge on any atom is -0.461 e. The number of hydrogen-bond acceptors (Lipinski definition) is 8. The zero-order chi connectivity index (χ0) is 31.6. The Kier molecular flexibility index (Phi) is 8.41. The average molecular weight is 702 g/mol. The maximum atomic E-state index is 13.8. The third kappa shape index (κ3) is 6.20. The summed E-state index contributed by atoms with van der Waals surface area (Å²) < 4.78 is 27.7. The van der Waals surface area contributed by atoms with Crippen molar-refractivity contribution >= 4 is 56.3 Å². The van der Waals surface area contributed by atoms with E-state index in [4.69, 9.17) is 8.83 Å². The number of hydrogen-bond donors (Lipinski definition) is 1. The SMILES string of the molecule is O=C(Nc1ccc2oc(-c3cc(F)ccc3Br)nc2c1)C1CCN(C(=O)CSc2nnc(-c3ccco3)n2-c2ccccc2)CC1. The second-order valence-corrected chi connectivity index (χ2v) is 12.5. The number of carbonyl (C=O) groups excluding carboxylic acids is 2. The summed E-state index contributed by atoms with van der Waals surface area (Å²) >= 11 is 4.72. The Hall–Kier alpha value is -4.75. The highest BCUT2D eigenvalue weighted by Crippen LogP contribution is 2.32. The van der Waals surface area contributed by atoms with Gasteiger partial charge in [-0.3, -0.25) is 14.2 Å². The van der Waals surface area contributed by atoms with Crippen molar-refractivity contribution in [2.24, 2.45) is 5.92 Å². The maximum absolute atomic E-state index is 13.8. The standard InChI is InChI=1S/C33H26BrFN6O4S/c34-25-10-8-21(35)17-24(25)32-37-26-18-22(9-11-27(26)45-32)36-31(43)20-12-14-40(15-13-20)29(42)19-46-33-39-38-30(28-7-4-16-44-28)41(33)23-5-2-1-3-6-23/h1-11,16-18,20H,12-15,19H2,(H,36,43). The van der Waals surface area contributed by atoms with Gasteiger partial charge in [0.1, 0.15) is 11.3 Å². The Labute approximate surface area is 275 Å². The Balaban J connectivity index is 0.956. The van der Waals surface area contributed by atoms with Crippen LogP contribution in [0.1, 0.15) is 12.8 Å². The van der Waals surface area contributed by atoms with E-state index in [1.54, 1.807) is 41.5 Å². The number of benzene rings is 3. The molecule has 3 aromatic heterocycles. The van der Waals surface area contributed by atoms with Gasteiger partial charge in [-0.15, -0.1) is 10.2 Å². The predicted octanol–water partition coefficient (Wildman–Crippen LogP) is 7.21. The van der Waals surface area contributed by atoms with Crippen molar-refractivity contribution in [1.29, 1.82) is 0 Å². The topological polar surface area (TPSA) is 119 Å². The lowest BCUT2D eigenvalue weighted by molar-refractivity contribution is -0.132. The van der Waals surface area contributed by atoms with Crippen LogP contribution in [0, 0.1) is 11.7 Å². The molecule has 13 heteroatoms. The highest BCUT2D eigenvalue weighted by atomic mass is 79.9. The Morgan fingerprint density at radius 3 is 2.61 bits per heavy atom. The van der Waals surface area contributed by atoms with E-state index < -0.39 is 5.82 Å². The number of nitrogens with zero attached hydrogens (tertiary/aromatic N) is 5. The Bertz CT molecular complexity index is 2020. The van der Waals surface area contributed by atoms with Crippen molar-refractivity contribution in [3.63, 3.8) is 0 Å². The smallest absolute Gasteiger partial charge is 0.233 e. The van der Waals surface area contributed by atoms with E-state index in [1.807, 2.05) is 41.0 Å². The minimum absolute atomic E-state index is 0.0248. The molecule has 0 unspecified atom stereocenters. The monoisotopic (exact) mass is 700 g/mol. The molecule has 10 nitrogen and oxygen atoms in total. The molecule has 7 rings (SSSR count). The summed E-state index contributed by atoms with van der Waals surface area (Å²) in [6.07, 6.45) is 2.68. The normalized spacial score (nSPS) is 13.7. The molecule has 2 amide bonds. The van der Waals surface area contributed by atoms with E-state index in [0.29, 0.717) is 69.5 Å². The number of likely N-dealkylation sites (tertiary alicyclic amines) is 1. The van der Waals surface area contributed by atoms with Crippen LogP contribution in [0.2, 0.25) is 0 Å². The van der Waals surface area contributed by atoms with E-state index in [-0.39, 0.29) is 29.4 Å². The first-order valence-electron chi connectivity index (χ1n) is 14.5. The predicted molar refractivity (Wildman–Crippen MR) is 175 cm³/mol. The third-order valence-corrected chi connectivity index (χ3v) is 9.35. The number of thioether (sulfide) groups is 1. The molecular weight excluding hydrogens is 675 g/mol. The number of piperidine rings is 1. The van der Waals surface area contributed by atoms with Gasteiger partial charge in [0.15, 0.2) is 16.5 Å². The molecule has 1 saturated heterocycles. The second kappa shape index (κ2) is 12.9. The number of rotatable bonds is 8. The molecule has 0 atom stereocenters. The Morgan fingerprint density at radius 1 is 1.00 bits per heavy atom. The lowest BCUT2D eigenvalue weighted by Gasteiger charge is -2.31. The van der Waals surface area contributed by atoms with E-state index in [2.05, 4.69) is 36.4 Å². The van der Waals surface area contributed by atoms with Gasteiger partial charge < -0.3 is 19.1 Å². The van der Waals surface area contributed by atoms with Gasteiger partial charge in [0, 0.05) is 34.9 Å². The summed E-state index contributed by atoms with van der Waals surface area (Å²) in [5, 5.41) is 12.2. The highest BCUT2D eigenvalue weighted by Gasteiger charge is 2.28. The van der Waals surface area contributed by atoms with Gasteiger partial charge in [0.2, 0.25) is 23.5 Å². The molecule has 3 aromatic carbocycles. The summed E-state index contributed by atoms with van der Waals surface area (Å²) in [7, 11) is 0. The van der Waals surface area contributed by atoms with Gasteiger partial charge in [-0.05, 0) is 89.4 Å². The van der Waals surface area contributed by atoms with Gasteiger partial charge in [0.05, 0.1) is 17.6 Å². The first kappa shape index (κ1) is 29.9. The molecule has 0 radical (unpaired) electrons. The first-order chi connectivity index (χ1) is 22.4. The lowest BCUT2D eigenvalue weighted by Crippen LogP contribution is -2.42. The van der Waals surface area contributed by atoms with Gasteiger partial charge in [-0.2, -0.15) is 0 Å². The van der Waals surface area contributed by atoms with Crippen LogP contribution in [0.3, 0.4) is 0 Å². The van der Waals surface area contributed by atoms with Crippen molar-refractivity contribution in [3.05, 3.63) is 95.4 Å². The van der Waals surface area contributed by atoms with Crippen LogP contribution in [-0.2, 0) is 9.59 Å².